The highest BCUT2D eigenvalue weighted by molar-refractivity contribution is 7.83. The largest absolute Gasteiger partial charge is 0.369 e. The molecule has 9 heteroatoms. The topological polar surface area (TPSA) is 66.7 Å². The molecule has 0 radical (unpaired) electrons. The van der Waals surface area contributed by atoms with E-state index in [9.17, 15) is 17.8 Å². The van der Waals surface area contributed by atoms with Crippen molar-refractivity contribution < 1.29 is 22.3 Å². The molecule has 0 aliphatic carbocycles. The lowest BCUT2D eigenvalue weighted by atomic mass is 10.1. The minimum Gasteiger partial charge on any atom is -0.369 e. The molecule has 1 atom stereocenters. The van der Waals surface area contributed by atoms with Gasteiger partial charge in [0.25, 0.3) is 0 Å². The van der Waals surface area contributed by atoms with Crippen LogP contribution in [0.2, 0.25) is 0 Å². The number of carbonyl (C=O) groups excluding carboxylic acids is 1. The first-order chi connectivity index (χ1) is 14.8. The van der Waals surface area contributed by atoms with Crippen LogP contribution in [-0.2, 0) is 28.7 Å². The highest BCUT2D eigenvalue weighted by atomic mass is 32.2. The van der Waals surface area contributed by atoms with Gasteiger partial charge in [0.2, 0.25) is 6.41 Å². The first kappa shape index (κ1) is 22.6. The van der Waals surface area contributed by atoms with E-state index in [2.05, 4.69) is 5.16 Å². The average Bonchev–Trinajstić information content (AvgIpc) is 3.08. The van der Waals surface area contributed by atoms with Crippen molar-refractivity contribution in [1.29, 1.82) is 0 Å². The predicted molar refractivity (Wildman–Crippen MR) is 114 cm³/mol. The molecule has 31 heavy (non-hydrogen) atoms. The zero-order valence-electron chi connectivity index (χ0n) is 17.5. The molecule has 1 amide bonds. The van der Waals surface area contributed by atoms with Gasteiger partial charge in [-0.25, -0.2) is 13.0 Å². The maximum Gasteiger partial charge on any atom is 0.221 e. The molecule has 1 heterocycles. The Morgan fingerprint density at radius 2 is 1.74 bits per heavy atom. The van der Waals surface area contributed by atoms with Crippen molar-refractivity contribution >= 4 is 23.1 Å². The van der Waals surface area contributed by atoms with Crippen molar-refractivity contribution in [2.75, 3.05) is 18.5 Å². The number of nitrogens with zero attached hydrogens (tertiary/aromatic N) is 3. The summed E-state index contributed by atoms with van der Waals surface area (Å²) in [4.78, 5) is 13.7. The molecule has 0 fully saturated rings. The minimum atomic E-state index is -1.81. The lowest BCUT2D eigenvalue weighted by Crippen LogP contribution is -2.29. The van der Waals surface area contributed by atoms with E-state index in [1.54, 1.807) is 50.1 Å². The zero-order chi connectivity index (χ0) is 22.5. The maximum atomic E-state index is 14.1. The van der Waals surface area contributed by atoms with Crippen LogP contribution in [0.25, 0.3) is 0 Å². The van der Waals surface area contributed by atoms with Crippen molar-refractivity contribution in [3.63, 3.8) is 0 Å². The van der Waals surface area contributed by atoms with Crippen molar-refractivity contribution in [3.05, 3.63) is 76.7 Å². The summed E-state index contributed by atoms with van der Waals surface area (Å²) < 4.78 is 47.7. The Kier molecular flexibility index (Phi) is 7.17. The van der Waals surface area contributed by atoms with E-state index in [4.69, 9.17) is 4.52 Å². The molecular formula is C22H23F2N3O3S. The molecule has 3 rings (SSSR count). The standard InChI is InChI=1S/C22H23F2N3O3S/c1-15-17(16(2)30-25-15)11-12-27(14-28)31(29)22-10-5-4-9-21(22)26(3)13-18-19(23)7-6-8-20(18)24/h4-10,14H,11-13H2,1-3H3. The van der Waals surface area contributed by atoms with Crippen LogP contribution in [0.15, 0.2) is 51.9 Å². The number of rotatable bonds is 9. The fraction of sp³-hybridized carbons (Fsp3) is 0.273. The van der Waals surface area contributed by atoms with E-state index < -0.39 is 22.6 Å². The molecule has 1 aromatic heterocycles. The molecule has 164 valence electrons. The third kappa shape index (κ3) is 4.99. The van der Waals surface area contributed by atoms with Crippen LogP contribution in [0.5, 0.6) is 0 Å². The third-order valence-corrected chi connectivity index (χ3v) is 6.43. The van der Waals surface area contributed by atoms with Crippen LogP contribution in [0.3, 0.4) is 0 Å². The van der Waals surface area contributed by atoms with Gasteiger partial charge in [-0.2, -0.15) is 0 Å². The second-order valence-electron chi connectivity index (χ2n) is 7.07. The highest BCUT2D eigenvalue weighted by Crippen LogP contribution is 2.27. The summed E-state index contributed by atoms with van der Waals surface area (Å²) in [6.07, 6.45) is 0.964. The molecule has 0 N–H and O–H groups in total. The van der Waals surface area contributed by atoms with E-state index >= 15 is 0 Å². The van der Waals surface area contributed by atoms with Gasteiger partial charge in [-0.15, -0.1) is 0 Å². The molecule has 3 aromatic rings. The molecule has 0 spiro atoms. The van der Waals surface area contributed by atoms with Gasteiger partial charge in [-0.3, -0.25) is 9.10 Å². The Labute approximate surface area is 182 Å². The summed E-state index contributed by atoms with van der Waals surface area (Å²) in [7, 11) is -0.162. The van der Waals surface area contributed by atoms with Crippen LogP contribution in [0, 0.1) is 25.5 Å². The van der Waals surface area contributed by atoms with Gasteiger partial charge in [0.1, 0.15) is 17.4 Å². The number of para-hydroxylation sites is 1. The molecule has 2 aromatic carbocycles. The molecule has 1 unspecified atom stereocenters. The number of benzene rings is 2. The number of halogens is 2. The normalized spacial score (nSPS) is 11.9. The van der Waals surface area contributed by atoms with E-state index in [1.165, 1.54) is 22.5 Å². The Hall–Kier alpha value is -3.07. The first-order valence-corrected chi connectivity index (χ1v) is 10.7. The van der Waals surface area contributed by atoms with Gasteiger partial charge < -0.3 is 9.42 Å². The third-order valence-electron chi connectivity index (χ3n) is 5.02. The van der Waals surface area contributed by atoms with Crippen molar-refractivity contribution in [2.24, 2.45) is 0 Å². The number of carbonyl (C=O) groups is 1. The molecule has 0 saturated carbocycles. The van der Waals surface area contributed by atoms with Crippen molar-refractivity contribution in [1.82, 2.24) is 9.46 Å². The number of amides is 1. The van der Waals surface area contributed by atoms with E-state index in [-0.39, 0.29) is 18.7 Å². The SMILES string of the molecule is Cc1noc(C)c1CCN(C=O)S(=O)c1ccccc1N(C)Cc1c(F)cccc1F. The summed E-state index contributed by atoms with van der Waals surface area (Å²) in [5.74, 6) is -0.653. The molecule has 0 aliphatic rings. The van der Waals surface area contributed by atoms with Gasteiger partial charge in [0.05, 0.1) is 16.3 Å². The summed E-state index contributed by atoms with van der Waals surface area (Å²) >= 11 is 0. The number of aryl methyl sites for hydroxylation is 2. The van der Waals surface area contributed by atoms with E-state index in [0.717, 1.165) is 11.3 Å². The maximum absolute atomic E-state index is 14.1. The average molecular weight is 448 g/mol. The number of hydrogen-bond acceptors (Lipinski definition) is 5. The van der Waals surface area contributed by atoms with Gasteiger partial charge in [0.15, 0.2) is 11.0 Å². The van der Waals surface area contributed by atoms with E-state index in [1.807, 2.05) is 0 Å². The van der Waals surface area contributed by atoms with Crippen LogP contribution in [-0.4, -0.2) is 33.7 Å². The van der Waals surface area contributed by atoms with Gasteiger partial charge in [0, 0.05) is 31.3 Å². The van der Waals surface area contributed by atoms with Crippen LogP contribution in [0.1, 0.15) is 22.6 Å². The Morgan fingerprint density at radius 3 is 2.35 bits per heavy atom. The monoisotopic (exact) mass is 447 g/mol. The second kappa shape index (κ2) is 9.82. The van der Waals surface area contributed by atoms with Crippen LogP contribution >= 0.6 is 0 Å². The fourth-order valence-electron chi connectivity index (χ4n) is 3.31. The Balaban J connectivity index is 1.82. The number of hydrogen-bond donors (Lipinski definition) is 0. The molecule has 0 bridgehead atoms. The summed E-state index contributed by atoms with van der Waals surface area (Å²) in [5, 5.41) is 3.89. The van der Waals surface area contributed by atoms with Crippen LogP contribution < -0.4 is 4.90 Å². The lowest BCUT2D eigenvalue weighted by Gasteiger charge is -2.24. The zero-order valence-corrected chi connectivity index (χ0v) is 18.3. The van der Waals surface area contributed by atoms with Crippen molar-refractivity contribution in [2.45, 2.75) is 31.7 Å². The quantitative estimate of drug-likeness (QED) is 0.465. The summed E-state index contributed by atoms with van der Waals surface area (Å²) in [5.41, 5.74) is 2.01. The predicted octanol–water partition coefficient (Wildman–Crippen LogP) is 3.93. The lowest BCUT2D eigenvalue weighted by molar-refractivity contribution is -0.113. The van der Waals surface area contributed by atoms with E-state index in [0.29, 0.717) is 29.2 Å². The van der Waals surface area contributed by atoms with Gasteiger partial charge in [-0.05, 0) is 44.5 Å². The van der Waals surface area contributed by atoms with Gasteiger partial charge >= 0.3 is 0 Å². The molecule has 6 nitrogen and oxygen atoms in total. The summed E-state index contributed by atoms with van der Waals surface area (Å²) in [6.45, 7) is 3.72. The highest BCUT2D eigenvalue weighted by Gasteiger charge is 2.21. The number of aromatic nitrogens is 1. The van der Waals surface area contributed by atoms with Gasteiger partial charge in [-0.1, -0.05) is 23.4 Å². The first-order valence-electron chi connectivity index (χ1n) is 9.62. The summed E-state index contributed by atoms with van der Waals surface area (Å²) in [6, 6.07) is 10.5. The second-order valence-corrected chi connectivity index (χ2v) is 8.48. The minimum absolute atomic E-state index is 0.0626. The molecular weight excluding hydrogens is 424 g/mol. The fourth-order valence-corrected chi connectivity index (χ4v) is 4.49. The molecule has 0 saturated heterocycles. The Morgan fingerprint density at radius 1 is 1.06 bits per heavy atom. The molecule has 0 aliphatic heterocycles. The van der Waals surface area contributed by atoms with Crippen LogP contribution in [0.4, 0.5) is 14.5 Å². The smallest absolute Gasteiger partial charge is 0.221 e. The van der Waals surface area contributed by atoms with Crippen molar-refractivity contribution in [3.8, 4) is 0 Å². The Bertz CT molecular complexity index is 1060. The number of anilines is 1.